The molecule has 1 fully saturated rings. The van der Waals surface area contributed by atoms with Gasteiger partial charge in [-0.3, -0.25) is 0 Å². The number of carbonyl (C=O) groups is 1. The average Bonchev–Trinajstić information content (AvgIpc) is 2.62. The zero-order chi connectivity index (χ0) is 20.2. The van der Waals surface area contributed by atoms with Gasteiger partial charge < -0.3 is 23.4 Å². The highest BCUT2D eigenvalue weighted by Gasteiger charge is 2.47. The Kier molecular flexibility index (Phi) is 7.08. The average molecular weight is 395 g/mol. The van der Waals surface area contributed by atoms with Crippen LogP contribution in [0.2, 0.25) is 19.6 Å². The Morgan fingerprint density at radius 3 is 2.33 bits per heavy atom. The van der Waals surface area contributed by atoms with Crippen LogP contribution < -0.4 is 4.74 Å². The smallest absolute Gasteiger partial charge is 0.347 e. The van der Waals surface area contributed by atoms with Crippen molar-refractivity contribution >= 4 is 14.3 Å². The van der Waals surface area contributed by atoms with Crippen molar-refractivity contribution in [1.29, 1.82) is 0 Å². The Balaban J connectivity index is 2.19. The monoisotopic (exact) mass is 394 g/mol. The third kappa shape index (κ3) is 5.57. The number of hydrogen-bond donors (Lipinski definition) is 0. The second-order valence-corrected chi connectivity index (χ2v) is 12.1. The standard InChI is InChI=1S/C20H30O6Si/c1-13-17(24-12-15-8-10-16(22-3)11-9-15)19(26-27(5,6)7)14(2)25-18(13)20(21)23-4/h8-11,13,17-19H,2,12H2,1,3-7H3/t13-,17-,18-,19-/m1/s1. The minimum Gasteiger partial charge on any atom is -0.497 e. The fraction of sp³-hybridized carbons (Fsp3) is 0.550. The van der Waals surface area contributed by atoms with E-state index >= 15 is 0 Å². The van der Waals surface area contributed by atoms with E-state index in [2.05, 4.69) is 26.2 Å². The molecule has 7 heteroatoms. The predicted octanol–water partition coefficient (Wildman–Crippen LogP) is 3.52. The van der Waals surface area contributed by atoms with E-state index in [1.54, 1.807) is 7.11 Å². The first kappa shape index (κ1) is 21.5. The number of carbonyl (C=O) groups excluding carboxylic acids is 1. The van der Waals surface area contributed by atoms with Crippen molar-refractivity contribution in [1.82, 2.24) is 0 Å². The first-order valence-electron chi connectivity index (χ1n) is 9.02. The SMILES string of the molecule is C=C1O[C@@H](C(=O)OC)[C@H](C)[C@@H](OCc2ccc(OC)cc2)[C@@H]1O[Si](C)(C)C. The molecule has 1 aromatic rings. The van der Waals surface area contributed by atoms with Crippen LogP contribution in [0.1, 0.15) is 12.5 Å². The number of rotatable bonds is 7. The van der Waals surface area contributed by atoms with Crippen LogP contribution in [-0.4, -0.2) is 46.8 Å². The molecular weight excluding hydrogens is 364 g/mol. The summed E-state index contributed by atoms with van der Waals surface area (Å²) in [6.07, 6.45) is -1.56. The lowest BCUT2D eigenvalue weighted by Crippen LogP contribution is -2.54. The summed E-state index contributed by atoms with van der Waals surface area (Å²) in [5, 5.41) is 0. The zero-order valence-corrected chi connectivity index (χ0v) is 18.0. The molecule has 6 nitrogen and oxygen atoms in total. The molecule has 27 heavy (non-hydrogen) atoms. The van der Waals surface area contributed by atoms with Gasteiger partial charge in [0.05, 0.1) is 26.9 Å². The molecule has 2 rings (SSSR count). The third-order valence-electron chi connectivity index (χ3n) is 4.41. The van der Waals surface area contributed by atoms with Crippen LogP contribution in [0, 0.1) is 5.92 Å². The van der Waals surface area contributed by atoms with Crippen LogP contribution in [0.15, 0.2) is 36.6 Å². The van der Waals surface area contributed by atoms with Gasteiger partial charge in [0.25, 0.3) is 0 Å². The predicted molar refractivity (Wildman–Crippen MR) is 105 cm³/mol. The molecule has 0 aliphatic carbocycles. The topological polar surface area (TPSA) is 63.2 Å². The minimum absolute atomic E-state index is 0.248. The Morgan fingerprint density at radius 1 is 1.19 bits per heavy atom. The van der Waals surface area contributed by atoms with Crippen LogP contribution in [0.4, 0.5) is 0 Å². The Labute approximate surface area is 162 Å². The van der Waals surface area contributed by atoms with E-state index in [-0.39, 0.29) is 12.0 Å². The quantitative estimate of drug-likeness (QED) is 0.521. The van der Waals surface area contributed by atoms with Crippen molar-refractivity contribution in [2.75, 3.05) is 14.2 Å². The number of ether oxygens (including phenoxy) is 4. The van der Waals surface area contributed by atoms with E-state index in [1.165, 1.54) is 7.11 Å². The summed E-state index contributed by atoms with van der Waals surface area (Å²) in [5.74, 6) is 0.513. The largest absolute Gasteiger partial charge is 0.497 e. The van der Waals surface area contributed by atoms with Gasteiger partial charge >= 0.3 is 5.97 Å². The van der Waals surface area contributed by atoms with E-state index in [0.717, 1.165) is 11.3 Å². The zero-order valence-electron chi connectivity index (χ0n) is 17.0. The molecule has 0 saturated carbocycles. The molecule has 1 aliphatic heterocycles. The van der Waals surface area contributed by atoms with Crippen LogP contribution in [0.3, 0.4) is 0 Å². The van der Waals surface area contributed by atoms with Crippen LogP contribution in [0.25, 0.3) is 0 Å². The van der Waals surface area contributed by atoms with Gasteiger partial charge in [0.15, 0.2) is 8.32 Å². The molecule has 0 aromatic heterocycles. The van der Waals surface area contributed by atoms with Gasteiger partial charge in [0.2, 0.25) is 6.10 Å². The third-order valence-corrected chi connectivity index (χ3v) is 5.37. The molecule has 0 N–H and O–H groups in total. The molecule has 0 radical (unpaired) electrons. The summed E-state index contributed by atoms with van der Waals surface area (Å²) in [5.41, 5.74) is 1.00. The second-order valence-electron chi connectivity index (χ2n) is 7.66. The number of esters is 1. The summed E-state index contributed by atoms with van der Waals surface area (Å²) in [7, 11) is 1.09. The van der Waals surface area contributed by atoms with Crippen molar-refractivity contribution in [3.8, 4) is 5.75 Å². The van der Waals surface area contributed by atoms with Gasteiger partial charge in [-0.05, 0) is 37.3 Å². The maximum Gasteiger partial charge on any atom is 0.347 e. The highest BCUT2D eigenvalue weighted by atomic mass is 28.4. The lowest BCUT2D eigenvalue weighted by molar-refractivity contribution is -0.177. The summed E-state index contributed by atoms with van der Waals surface area (Å²) in [4.78, 5) is 12.1. The lowest BCUT2D eigenvalue weighted by Gasteiger charge is -2.43. The van der Waals surface area contributed by atoms with E-state index in [0.29, 0.717) is 12.4 Å². The number of benzene rings is 1. The minimum atomic E-state index is -1.89. The highest BCUT2D eigenvalue weighted by molar-refractivity contribution is 6.69. The van der Waals surface area contributed by atoms with Crippen LogP contribution in [-0.2, 0) is 30.0 Å². The Bertz CT molecular complexity index is 651. The summed E-state index contributed by atoms with van der Waals surface area (Å²) < 4.78 is 28.3. The summed E-state index contributed by atoms with van der Waals surface area (Å²) in [6, 6.07) is 7.67. The van der Waals surface area contributed by atoms with Crippen molar-refractivity contribution < 1.29 is 28.2 Å². The van der Waals surface area contributed by atoms with Crippen molar-refractivity contribution in [2.24, 2.45) is 5.92 Å². The van der Waals surface area contributed by atoms with Gasteiger partial charge in [-0.25, -0.2) is 4.79 Å². The first-order valence-corrected chi connectivity index (χ1v) is 12.4. The van der Waals surface area contributed by atoms with Gasteiger partial charge in [-0.15, -0.1) is 0 Å². The molecule has 1 heterocycles. The molecule has 1 saturated heterocycles. The molecule has 0 amide bonds. The van der Waals surface area contributed by atoms with E-state index < -0.39 is 26.5 Å². The molecule has 1 aliphatic rings. The molecular formula is C20H30O6Si. The van der Waals surface area contributed by atoms with E-state index in [1.807, 2.05) is 31.2 Å². The van der Waals surface area contributed by atoms with Gasteiger partial charge in [-0.1, -0.05) is 25.6 Å². The molecule has 0 bridgehead atoms. The summed E-state index contributed by atoms with van der Waals surface area (Å²) >= 11 is 0. The fourth-order valence-corrected chi connectivity index (χ4v) is 4.04. The van der Waals surface area contributed by atoms with Crippen molar-refractivity contribution in [3.63, 3.8) is 0 Å². The summed E-state index contributed by atoms with van der Waals surface area (Å²) in [6.45, 7) is 12.6. The van der Waals surface area contributed by atoms with Crippen LogP contribution >= 0.6 is 0 Å². The van der Waals surface area contributed by atoms with E-state index in [4.69, 9.17) is 23.4 Å². The fourth-order valence-electron chi connectivity index (χ4n) is 3.01. The van der Waals surface area contributed by atoms with E-state index in [9.17, 15) is 4.79 Å². The van der Waals surface area contributed by atoms with Crippen LogP contribution in [0.5, 0.6) is 5.75 Å². The molecule has 150 valence electrons. The first-order chi connectivity index (χ1) is 12.7. The lowest BCUT2D eigenvalue weighted by atomic mass is 9.90. The molecule has 4 atom stereocenters. The Hall–Kier alpha value is -1.83. The maximum atomic E-state index is 12.1. The van der Waals surface area contributed by atoms with Gasteiger partial charge in [0, 0.05) is 5.92 Å². The number of hydrogen-bond acceptors (Lipinski definition) is 6. The number of methoxy groups -OCH3 is 2. The van der Waals surface area contributed by atoms with Crippen molar-refractivity contribution in [2.45, 2.75) is 51.5 Å². The Morgan fingerprint density at radius 2 is 1.81 bits per heavy atom. The second kappa shape index (κ2) is 8.90. The normalized spacial score (nSPS) is 25.6. The van der Waals surface area contributed by atoms with Crippen molar-refractivity contribution in [3.05, 3.63) is 42.2 Å². The van der Waals surface area contributed by atoms with Gasteiger partial charge in [0.1, 0.15) is 17.6 Å². The van der Waals surface area contributed by atoms with Gasteiger partial charge in [-0.2, -0.15) is 0 Å². The molecule has 1 aromatic carbocycles. The molecule has 0 spiro atoms. The maximum absolute atomic E-state index is 12.1. The highest BCUT2D eigenvalue weighted by Crippen LogP contribution is 2.34. The molecule has 0 unspecified atom stereocenters.